The lowest BCUT2D eigenvalue weighted by atomic mass is 9.76. The lowest BCUT2D eigenvalue weighted by molar-refractivity contribution is -0.207. The van der Waals surface area contributed by atoms with Crippen molar-refractivity contribution in [2.75, 3.05) is 5.75 Å². The van der Waals surface area contributed by atoms with E-state index in [0.29, 0.717) is 11.8 Å². The summed E-state index contributed by atoms with van der Waals surface area (Å²) in [5.41, 5.74) is -3.11. The van der Waals surface area contributed by atoms with Crippen LogP contribution in [-0.2, 0) is 33.5 Å². The second-order valence-electron chi connectivity index (χ2n) is 11.1. The van der Waals surface area contributed by atoms with Gasteiger partial charge in [-0.3, -0.25) is 19.2 Å². The summed E-state index contributed by atoms with van der Waals surface area (Å²) < 4.78 is 4.94. The molecule has 3 rings (SSSR count). The van der Waals surface area contributed by atoms with Gasteiger partial charge in [0.1, 0.15) is 12.1 Å². The maximum Gasteiger partial charge on any atom is 0.338 e. The number of aliphatic hydroxyl groups is 3. The van der Waals surface area contributed by atoms with Gasteiger partial charge in [-0.25, -0.2) is 9.59 Å². The van der Waals surface area contributed by atoms with Crippen LogP contribution >= 0.6 is 11.8 Å². The van der Waals surface area contributed by atoms with Gasteiger partial charge in [0.25, 0.3) is 0 Å². The third kappa shape index (κ3) is 5.83. The first-order chi connectivity index (χ1) is 18.4. The third-order valence-corrected chi connectivity index (χ3v) is 8.59. The number of carbonyl (C=O) groups excluding carboxylic acids is 5. The minimum absolute atomic E-state index is 0.106. The van der Waals surface area contributed by atoms with E-state index in [0.717, 1.165) is 6.92 Å². The van der Waals surface area contributed by atoms with Crippen molar-refractivity contribution in [1.82, 2.24) is 16.0 Å². The van der Waals surface area contributed by atoms with Crippen LogP contribution in [0, 0.1) is 23.7 Å². The Kier molecular flexibility index (Phi) is 10.4. The van der Waals surface area contributed by atoms with Crippen LogP contribution in [-0.4, -0.2) is 102 Å². The molecule has 0 bridgehead atoms. The number of aliphatic hydroxyl groups excluding tert-OH is 3. The highest BCUT2D eigenvalue weighted by Crippen LogP contribution is 2.42. The maximum absolute atomic E-state index is 12.8. The number of thioether (sulfide) groups is 1. The number of carboxylic acids is 1. The van der Waals surface area contributed by atoms with Crippen molar-refractivity contribution in [3.8, 4) is 0 Å². The summed E-state index contributed by atoms with van der Waals surface area (Å²) in [7, 11) is 0. The molecule has 7 N–H and O–H groups in total. The number of rotatable bonds is 9. The maximum atomic E-state index is 12.8. The van der Waals surface area contributed by atoms with Crippen LogP contribution in [0.4, 0.5) is 0 Å². The molecule has 3 heterocycles. The number of nitrogens with one attached hydrogen (secondary N) is 3. The molecule has 3 amide bonds. The van der Waals surface area contributed by atoms with Crippen molar-refractivity contribution in [2.45, 2.75) is 90.0 Å². The molecular formula is C25H39N3O11S. The third-order valence-electron chi connectivity index (χ3n) is 7.49. The van der Waals surface area contributed by atoms with E-state index in [9.17, 15) is 44.1 Å². The zero-order valence-corrected chi connectivity index (χ0v) is 24.3. The van der Waals surface area contributed by atoms with E-state index in [1.165, 1.54) is 6.92 Å². The Morgan fingerprint density at radius 2 is 1.50 bits per heavy atom. The topological polar surface area (TPSA) is 229 Å². The fourth-order valence-corrected chi connectivity index (χ4v) is 6.10. The zero-order chi connectivity index (χ0) is 30.9. The Hall–Kier alpha value is -2.75. The summed E-state index contributed by atoms with van der Waals surface area (Å²) in [5, 5.41) is 46.4. The Bertz CT molecular complexity index is 1050. The van der Waals surface area contributed by atoms with Crippen LogP contribution in [0.1, 0.15) is 48.5 Å². The first kappa shape index (κ1) is 33.5. The second-order valence-corrected chi connectivity index (χ2v) is 12.1. The monoisotopic (exact) mass is 589 g/mol. The van der Waals surface area contributed by atoms with Crippen molar-refractivity contribution >= 4 is 46.5 Å². The van der Waals surface area contributed by atoms with E-state index in [4.69, 9.17) is 9.84 Å². The molecule has 3 fully saturated rings. The molecular weight excluding hydrogens is 550 g/mol. The number of hydrogen-bond acceptors (Lipinski definition) is 11. The molecule has 3 saturated heterocycles. The molecule has 0 saturated carbocycles. The van der Waals surface area contributed by atoms with Gasteiger partial charge in [-0.2, -0.15) is 0 Å². The lowest BCUT2D eigenvalue weighted by Crippen LogP contribution is -2.73. The van der Waals surface area contributed by atoms with Crippen LogP contribution in [0.25, 0.3) is 0 Å². The number of carboxylic acid groups (broad SMARTS) is 1. The van der Waals surface area contributed by atoms with E-state index in [-0.39, 0.29) is 23.5 Å². The SMILES string of the molecule is CC(=O)NC(CSC(=O)[C@]1(C(O)C(C)C)NC(=O)[C@H](C)C1O)C(=O)O.CC(C)[C@H](O)[C@@]12NC(=O)[C@H](C)[C@@H]1OC2=O. The van der Waals surface area contributed by atoms with Crippen molar-refractivity contribution in [2.24, 2.45) is 23.7 Å². The number of hydrogen-bond donors (Lipinski definition) is 7. The first-order valence-electron chi connectivity index (χ1n) is 12.9. The van der Waals surface area contributed by atoms with Crippen LogP contribution in [0.15, 0.2) is 0 Å². The average Bonchev–Trinajstić information content (AvgIpc) is 3.22. The second kappa shape index (κ2) is 12.4. The normalized spacial score (nSPS) is 33.0. The molecule has 0 spiro atoms. The van der Waals surface area contributed by atoms with Crippen molar-refractivity contribution in [3.05, 3.63) is 0 Å². The fraction of sp³-hybridized carbons (Fsp3) is 0.760. The summed E-state index contributed by atoms with van der Waals surface area (Å²) in [4.78, 5) is 69.8. The predicted molar refractivity (Wildman–Crippen MR) is 140 cm³/mol. The Labute approximate surface area is 236 Å². The molecule has 3 aliphatic rings. The van der Waals surface area contributed by atoms with Gasteiger partial charge >= 0.3 is 11.9 Å². The standard InChI is InChI=1S/C15H24N2O7S.C10H15NO4/c1-6(2)10(19)15(11(20)7(3)12(21)17-15)14(24)25-5-9(13(22)23)16-8(4)18;1-4(2)6(12)10-7(15-9(10)14)5(3)8(13)11-10/h6-7,9-11,19-20H,5H2,1-4H3,(H,16,18)(H,17,21)(H,22,23);4-7,12H,1-3H3,(H,11,13)/t7-,9?,10?,11?,15-;5-,6+,7+,10-/m11/s1. The molecule has 0 aliphatic carbocycles. The van der Waals surface area contributed by atoms with E-state index in [1.807, 2.05) is 0 Å². The van der Waals surface area contributed by atoms with Crippen LogP contribution < -0.4 is 16.0 Å². The highest BCUT2D eigenvalue weighted by Gasteiger charge is 2.71. The Balaban J connectivity index is 0.000000315. The molecule has 15 heteroatoms. The largest absolute Gasteiger partial charge is 0.480 e. The number of ether oxygens (including phenoxy) is 1. The first-order valence-corrected chi connectivity index (χ1v) is 13.9. The Morgan fingerprint density at radius 1 is 0.975 bits per heavy atom. The summed E-state index contributed by atoms with van der Waals surface area (Å²) in [6.45, 7) is 11.1. The highest BCUT2D eigenvalue weighted by atomic mass is 32.2. The lowest BCUT2D eigenvalue weighted by Gasteiger charge is -2.46. The average molecular weight is 590 g/mol. The number of carbonyl (C=O) groups is 6. The molecule has 0 aromatic rings. The van der Waals surface area contributed by atoms with Gasteiger partial charge in [0.2, 0.25) is 28.4 Å². The number of aliphatic carboxylic acids is 1. The Morgan fingerprint density at radius 3 is 1.88 bits per heavy atom. The van der Waals surface area contributed by atoms with Gasteiger partial charge in [-0.05, 0) is 18.8 Å². The molecule has 226 valence electrons. The van der Waals surface area contributed by atoms with Gasteiger partial charge in [-0.1, -0.05) is 46.4 Å². The molecule has 0 aromatic heterocycles. The number of esters is 1. The van der Waals surface area contributed by atoms with Crippen LogP contribution in [0.3, 0.4) is 0 Å². The minimum atomic E-state index is -1.92. The van der Waals surface area contributed by atoms with Gasteiger partial charge < -0.3 is 41.1 Å². The van der Waals surface area contributed by atoms with E-state index < -0.39 is 82.2 Å². The van der Waals surface area contributed by atoms with Gasteiger partial charge in [-0.15, -0.1) is 0 Å². The summed E-state index contributed by atoms with van der Waals surface area (Å²) in [5.74, 6) is -5.36. The van der Waals surface area contributed by atoms with E-state index in [1.54, 1.807) is 34.6 Å². The predicted octanol–water partition coefficient (Wildman–Crippen LogP) is -1.85. The van der Waals surface area contributed by atoms with Gasteiger partial charge in [0.05, 0.1) is 30.1 Å². The van der Waals surface area contributed by atoms with Crippen molar-refractivity contribution in [1.29, 1.82) is 0 Å². The minimum Gasteiger partial charge on any atom is -0.480 e. The fourth-order valence-electron chi connectivity index (χ4n) is 5.02. The number of fused-ring (bicyclic) bond motifs is 1. The highest BCUT2D eigenvalue weighted by molar-refractivity contribution is 8.13. The van der Waals surface area contributed by atoms with Crippen molar-refractivity contribution in [3.63, 3.8) is 0 Å². The molecule has 14 nitrogen and oxygen atoms in total. The summed E-state index contributed by atoms with van der Waals surface area (Å²) in [6, 6.07) is -1.31. The molecule has 9 atom stereocenters. The summed E-state index contributed by atoms with van der Waals surface area (Å²) >= 11 is 0.535. The number of amides is 3. The molecule has 40 heavy (non-hydrogen) atoms. The molecule has 3 aliphatic heterocycles. The molecule has 0 radical (unpaired) electrons. The summed E-state index contributed by atoms with van der Waals surface area (Å²) in [6.07, 6.45) is -4.23. The zero-order valence-electron chi connectivity index (χ0n) is 23.5. The molecule has 0 aromatic carbocycles. The van der Waals surface area contributed by atoms with Crippen LogP contribution in [0.5, 0.6) is 0 Å². The van der Waals surface area contributed by atoms with Crippen LogP contribution in [0.2, 0.25) is 0 Å². The quantitative estimate of drug-likeness (QED) is 0.147. The van der Waals surface area contributed by atoms with E-state index >= 15 is 0 Å². The van der Waals surface area contributed by atoms with E-state index in [2.05, 4.69) is 16.0 Å². The van der Waals surface area contributed by atoms with Crippen molar-refractivity contribution < 1.29 is 53.9 Å². The van der Waals surface area contributed by atoms with Gasteiger partial charge in [0, 0.05) is 12.7 Å². The smallest absolute Gasteiger partial charge is 0.338 e. The van der Waals surface area contributed by atoms with Gasteiger partial charge in [0.15, 0.2) is 5.54 Å². The molecule has 3 unspecified atom stereocenters.